The molecule has 1 aromatic heterocycles. The molecule has 4 nitrogen and oxygen atoms in total. The van der Waals surface area contributed by atoms with Crippen molar-refractivity contribution in [1.29, 1.82) is 0 Å². The molecule has 1 aromatic rings. The summed E-state index contributed by atoms with van der Waals surface area (Å²) in [5.74, 6) is 0.00176. The molecule has 0 spiro atoms. The molecular weight excluding hydrogens is 196 g/mol. The van der Waals surface area contributed by atoms with Gasteiger partial charge in [-0.1, -0.05) is 0 Å². The van der Waals surface area contributed by atoms with E-state index in [4.69, 9.17) is 9.84 Å². The molecule has 0 aliphatic carbocycles. The van der Waals surface area contributed by atoms with Crippen molar-refractivity contribution in [2.75, 3.05) is 7.11 Å². The summed E-state index contributed by atoms with van der Waals surface area (Å²) >= 11 is 0. The number of hydrogen-bond donors (Lipinski definition) is 2. The Labute approximate surface area is 78.1 Å². The summed E-state index contributed by atoms with van der Waals surface area (Å²) < 4.78 is 29.2. The van der Waals surface area contributed by atoms with E-state index in [9.17, 15) is 13.6 Å². The quantitative estimate of drug-likeness (QED) is 0.767. The van der Waals surface area contributed by atoms with Crippen LogP contribution in [-0.4, -0.2) is 17.2 Å². The minimum absolute atomic E-state index is 0.00176. The van der Waals surface area contributed by atoms with E-state index in [1.807, 2.05) is 0 Å². The van der Waals surface area contributed by atoms with E-state index in [1.165, 1.54) is 7.11 Å². The molecule has 0 radical (unpaired) electrons. The number of hydrogen-bond acceptors (Lipinski definition) is 3. The molecule has 0 amide bonds. The van der Waals surface area contributed by atoms with Gasteiger partial charge in [0.1, 0.15) is 0 Å². The highest BCUT2D eigenvalue weighted by molar-refractivity contribution is 5.29. The fourth-order valence-corrected chi connectivity index (χ4v) is 1.04. The lowest BCUT2D eigenvalue weighted by Crippen LogP contribution is -2.15. The van der Waals surface area contributed by atoms with Gasteiger partial charge in [0.2, 0.25) is 0 Å². The number of H-pyrrole nitrogens is 1. The third kappa shape index (κ3) is 1.90. The zero-order valence-corrected chi connectivity index (χ0v) is 7.38. The normalized spacial score (nSPS) is 10.6. The van der Waals surface area contributed by atoms with Crippen LogP contribution in [0, 0.1) is 0 Å². The smallest absolute Gasteiger partial charge is 0.269 e. The number of alkyl halides is 2. The summed E-state index contributed by atoms with van der Waals surface area (Å²) in [4.78, 5) is 13.1. The van der Waals surface area contributed by atoms with E-state index in [0.29, 0.717) is 0 Å². The number of aliphatic hydroxyl groups is 1. The molecule has 0 unspecified atom stereocenters. The van der Waals surface area contributed by atoms with Crippen LogP contribution in [0.15, 0.2) is 10.9 Å². The van der Waals surface area contributed by atoms with Gasteiger partial charge in [0, 0.05) is 5.56 Å². The summed E-state index contributed by atoms with van der Waals surface area (Å²) in [5, 5.41) is 8.80. The Balaban J connectivity index is 3.31. The Morgan fingerprint density at radius 2 is 2.29 bits per heavy atom. The fourth-order valence-electron chi connectivity index (χ4n) is 1.04. The van der Waals surface area contributed by atoms with Gasteiger partial charge in [0.05, 0.1) is 19.3 Å². The molecule has 0 aliphatic heterocycles. The van der Waals surface area contributed by atoms with Crippen LogP contribution < -0.4 is 10.3 Å². The second-order valence-corrected chi connectivity index (χ2v) is 2.57. The average Bonchev–Trinajstić information content (AvgIpc) is 2.16. The molecule has 0 atom stereocenters. The molecule has 0 bridgehead atoms. The van der Waals surface area contributed by atoms with E-state index >= 15 is 0 Å². The minimum atomic E-state index is -2.87. The molecule has 1 heterocycles. The zero-order valence-electron chi connectivity index (χ0n) is 7.38. The van der Waals surface area contributed by atoms with Gasteiger partial charge >= 0.3 is 0 Å². The van der Waals surface area contributed by atoms with Crippen molar-refractivity contribution in [3.05, 3.63) is 27.5 Å². The molecule has 0 aliphatic rings. The maximum atomic E-state index is 12.2. The molecule has 0 saturated heterocycles. The lowest BCUT2D eigenvalue weighted by molar-refractivity contribution is 0.149. The van der Waals surface area contributed by atoms with Crippen LogP contribution in [0.1, 0.15) is 17.6 Å². The topological polar surface area (TPSA) is 62.3 Å². The first-order chi connectivity index (χ1) is 6.60. The highest BCUT2D eigenvalue weighted by atomic mass is 19.3. The van der Waals surface area contributed by atoms with Crippen LogP contribution in [0.2, 0.25) is 0 Å². The SMILES string of the molecule is COc1[nH]c(=O)c(C(F)F)cc1CO. The Morgan fingerprint density at radius 3 is 2.71 bits per heavy atom. The molecule has 14 heavy (non-hydrogen) atoms. The van der Waals surface area contributed by atoms with E-state index in [2.05, 4.69) is 4.98 Å². The summed E-state index contributed by atoms with van der Waals surface area (Å²) in [7, 11) is 1.27. The molecule has 0 aromatic carbocycles. The van der Waals surface area contributed by atoms with Gasteiger partial charge in [-0.2, -0.15) is 0 Å². The van der Waals surface area contributed by atoms with Crippen LogP contribution in [0.3, 0.4) is 0 Å². The Kier molecular flexibility index (Phi) is 3.19. The molecular formula is C8H9F2NO3. The molecule has 6 heteroatoms. The van der Waals surface area contributed by atoms with Crippen molar-refractivity contribution in [3.63, 3.8) is 0 Å². The van der Waals surface area contributed by atoms with Gasteiger partial charge < -0.3 is 9.84 Å². The Bertz CT molecular complexity index is 375. The van der Waals surface area contributed by atoms with E-state index < -0.39 is 24.2 Å². The van der Waals surface area contributed by atoms with Crippen molar-refractivity contribution in [2.45, 2.75) is 13.0 Å². The van der Waals surface area contributed by atoms with Crippen LogP contribution in [0.4, 0.5) is 8.78 Å². The second kappa shape index (κ2) is 4.19. The van der Waals surface area contributed by atoms with Gasteiger partial charge in [-0.15, -0.1) is 0 Å². The Hall–Kier alpha value is -1.43. The van der Waals surface area contributed by atoms with Gasteiger partial charge in [-0.3, -0.25) is 9.78 Å². The van der Waals surface area contributed by atoms with Crippen molar-refractivity contribution >= 4 is 0 Å². The van der Waals surface area contributed by atoms with Gasteiger partial charge in [0.15, 0.2) is 5.88 Å². The third-order valence-corrected chi connectivity index (χ3v) is 1.72. The number of aliphatic hydroxyl groups excluding tert-OH is 1. The van der Waals surface area contributed by atoms with Crippen LogP contribution >= 0.6 is 0 Å². The summed E-state index contributed by atoms with van der Waals surface area (Å²) in [5.41, 5.74) is -1.45. The minimum Gasteiger partial charge on any atom is -0.482 e. The molecule has 78 valence electrons. The van der Waals surface area contributed by atoms with Crippen LogP contribution in [-0.2, 0) is 6.61 Å². The second-order valence-electron chi connectivity index (χ2n) is 2.57. The monoisotopic (exact) mass is 205 g/mol. The van der Waals surface area contributed by atoms with Gasteiger partial charge in [0.25, 0.3) is 12.0 Å². The first-order valence-corrected chi connectivity index (χ1v) is 3.79. The van der Waals surface area contributed by atoms with E-state index in [1.54, 1.807) is 0 Å². The number of ether oxygens (including phenoxy) is 1. The van der Waals surface area contributed by atoms with Crippen LogP contribution in [0.5, 0.6) is 5.88 Å². The predicted molar refractivity (Wildman–Crippen MR) is 44.5 cm³/mol. The lowest BCUT2D eigenvalue weighted by atomic mass is 10.2. The van der Waals surface area contributed by atoms with Gasteiger partial charge in [-0.05, 0) is 6.07 Å². The van der Waals surface area contributed by atoms with Crippen molar-refractivity contribution in [3.8, 4) is 5.88 Å². The number of rotatable bonds is 3. The maximum absolute atomic E-state index is 12.2. The first-order valence-electron chi connectivity index (χ1n) is 3.79. The van der Waals surface area contributed by atoms with Crippen molar-refractivity contribution in [2.24, 2.45) is 0 Å². The molecule has 1 rings (SSSR count). The highest BCUT2D eigenvalue weighted by Crippen LogP contribution is 2.20. The number of methoxy groups -OCH3 is 1. The van der Waals surface area contributed by atoms with Gasteiger partial charge in [-0.25, -0.2) is 8.78 Å². The number of halogens is 2. The summed E-state index contributed by atoms with van der Waals surface area (Å²) in [6.45, 7) is -0.473. The van der Waals surface area contributed by atoms with Crippen molar-refractivity contribution in [1.82, 2.24) is 4.98 Å². The highest BCUT2D eigenvalue weighted by Gasteiger charge is 2.15. The number of nitrogens with one attached hydrogen (secondary N) is 1. The first kappa shape index (κ1) is 10.6. The summed E-state index contributed by atoms with van der Waals surface area (Å²) in [6, 6.07) is 0.933. The number of pyridine rings is 1. The molecule has 0 saturated carbocycles. The standard InChI is InChI=1S/C8H9F2NO3/c1-14-8-4(3-12)2-5(6(9)10)7(13)11-8/h2,6,12H,3H2,1H3,(H,11,13). The van der Waals surface area contributed by atoms with E-state index in [0.717, 1.165) is 6.07 Å². The Morgan fingerprint density at radius 1 is 1.64 bits per heavy atom. The zero-order chi connectivity index (χ0) is 10.7. The average molecular weight is 205 g/mol. The molecule has 0 fully saturated rings. The molecule has 2 N–H and O–H groups in total. The summed E-state index contributed by atoms with van der Waals surface area (Å²) in [6.07, 6.45) is -2.87. The number of aromatic amines is 1. The maximum Gasteiger partial charge on any atom is 0.269 e. The fraction of sp³-hybridized carbons (Fsp3) is 0.375. The van der Waals surface area contributed by atoms with Crippen LogP contribution in [0.25, 0.3) is 0 Å². The lowest BCUT2D eigenvalue weighted by Gasteiger charge is -2.07. The van der Waals surface area contributed by atoms with Crippen molar-refractivity contribution < 1.29 is 18.6 Å². The van der Waals surface area contributed by atoms with E-state index in [-0.39, 0.29) is 11.4 Å². The third-order valence-electron chi connectivity index (χ3n) is 1.72. The largest absolute Gasteiger partial charge is 0.482 e. The predicted octanol–water partition coefficient (Wildman–Crippen LogP) is 0.813. The number of aromatic nitrogens is 1.